The van der Waals surface area contributed by atoms with E-state index in [9.17, 15) is 0 Å². The van der Waals surface area contributed by atoms with Crippen molar-refractivity contribution in [2.24, 2.45) is 0 Å². The number of benzene rings is 8. The van der Waals surface area contributed by atoms with Crippen LogP contribution in [0.2, 0.25) is 0 Å². The zero-order valence-corrected chi connectivity index (χ0v) is 30.4. The first-order valence-corrected chi connectivity index (χ1v) is 19.0. The summed E-state index contributed by atoms with van der Waals surface area (Å²) >= 11 is 0. The van der Waals surface area contributed by atoms with Gasteiger partial charge in [0.2, 0.25) is 0 Å². The second kappa shape index (κ2) is 12.3. The quantitative estimate of drug-likeness (QED) is 0.176. The van der Waals surface area contributed by atoms with E-state index >= 15 is 0 Å². The van der Waals surface area contributed by atoms with Gasteiger partial charge in [-0.1, -0.05) is 127 Å². The molecule has 8 aromatic carbocycles. The highest BCUT2D eigenvalue weighted by atomic mass is 16.3. The zero-order chi connectivity index (χ0) is 37.5. The molecule has 6 nitrogen and oxygen atoms in total. The standard InChI is InChI=1S/C51H30N4O2/c1-3-13-31(14-4-1)49-52-50(54-51(53-49)40-21-12-23-43-47(40)39-18-7-9-22-42(39)55(43)34-15-5-2-6-16-34)33-25-27-37-41-29-32(26-28-45(41)56-46(37)30-33)35-19-11-20-38-36-17-8-10-24-44(36)57-48(35)38/h1-30H. The Hall–Kier alpha value is -7.83. The first kappa shape index (κ1) is 31.5. The van der Waals surface area contributed by atoms with Gasteiger partial charge in [0.15, 0.2) is 17.5 Å². The Morgan fingerprint density at radius 2 is 0.982 bits per heavy atom. The monoisotopic (exact) mass is 730 g/mol. The summed E-state index contributed by atoms with van der Waals surface area (Å²) in [5.41, 5.74) is 11.5. The molecule has 4 aromatic heterocycles. The molecule has 4 heterocycles. The number of aromatic nitrogens is 4. The minimum atomic E-state index is 0.572. The highest BCUT2D eigenvalue weighted by Crippen LogP contribution is 2.41. The molecule has 0 radical (unpaired) electrons. The van der Waals surface area contributed by atoms with Crippen molar-refractivity contribution < 1.29 is 8.83 Å². The molecule has 0 aliphatic heterocycles. The Balaban J connectivity index is 1.02. The van der Waals surface area contributed by atoms with Crippen LogP contribution in [0.15, 0.2) is 191 Å². The average molecular weight is 731 g/mol. The summed E-state index contributed by atoms with van der Waals surface area (Å²) in [4.78, 5) is 15.4. The number of para-hydroxylation sites is 4. The van der Waals surface area contributed by atoms with Crippen LogP contribution in [0.1, 0.15) is 0 Å². The first-order valence-electron chi connectivity index (χ1n) is 19.0. The molecule has 0 bridgehead atoms. The molecule has 57 heavy (non-hydrogen) atoms. The minimum Gasteiger partial charge on any atom is -0.456 e. The third-order valence-corrected chi connectivity index (χ3v) is 11.1. The lowest BCUT2D eigenvalue weighted by atomic mass is 10.00. The molecule has 6 heteroatoms. The van der Waals surface area contributed by atoms with Crippen LogP contribution >= 0.6 is 0 Å². The van der Waals surface area contributed by atoms with Gasteiger partial charge in [-0.3, -0.25) is 0 Å². The SMILES string of the molecule is c1ccc(-c2nc(-c3ccc4c(c3)oc3ccc(-c5cccc6c5oc5ccccc56)cc34)nc(-c3cccc4c3c3ccccc3n4-c3ccccc3)n2)cc1. The van der Waals surface area contributed by atoms with Crippen molar-refractivity contribution >= 4 is 65.7 Å². The molecule has 0 saturated heterocycles. The van der Waals surface area contributed by atoms with Gasteiger partial charge in [-0.15, -0.1) is 0 Å². The van der Waals surface area contributed by atoms with Crippen LogP contribution in [-0.4, -0.2) is 19.5 Å². The lowest BCUT2D eigenvalue weighted by molar-refractivity contribution is 0.668. The Kier molecular flexibility index (Phi) is 6.83. The maximum atomic E-state index is 6.52. The summed E-state index contributed by atoms with van der Waals surface area (Å²) in [7, 11) is 0. The van der Waals surface area contributed by atoms with Gasteiger partial charge in [-0.25, -0.2) is 15.0 Å². The van der Waals surface area contributed by atoms with Crippen molar-refractivity contribution in [3.8, 4) is 51.0 Å². The van der Waals surface area contributed by atoms with E-state index in [-0.39, 0.29) is 0 Å². The molecule has 0 spiro atoms. The maximum absolute atomic E-state index is 6.52. The van der Waals surface area contributed by atoms with Gasteiger partial charge < -0.3 is 13.4 Å². The molecule has 0 saturated carbocycles. The number of hydrogen-bond acceptors (Lipinski definition) is 5. The number of rotatable bonds is 5. The number of furan rings is 2. The van der Waals surface area contributed by atoms with Gasteiger partial charge in [-0.05, 0) is 60.2 Å². The predicted octanol–water partition coefficient (Wildman–Crippen LogP) is 13.4. The molecule has 12 aromatic rings. The molecule has 0 aliphatic carbocycles. The summed E-state index contributed by atoms with van der Waals surface area (Å²) < 4.78 is 15.2. The molecule has 0 aliphatic rings. The van der Waals surface area contributed by atoms with Crippen molar-refractivity contribution in [1.82, 2.24) is 19.5 Å². The fraction of sp³-hybridized carbons (Fsp3) is 0. The number of hydrogen-bond donors (Lipinski definition) is 0. The topological polar surface area (TPSA) is 69.9 Å². The summed E-state index contributed by atoms with van der Waals surface area (Å²) in [6.07, 6.45) is 0. The molecule has 0 atom stereocenters. The molecule has 0 N–H and O–H groups in total. The third kappa shape index (κ3) is 4.94. The fourth-order valence-electron chi connectivity index (χ4n) is 8.46. The van der Waals surface area contributed by atoms with E-state index in [0.717, 1.165) is 99.2 Å². The second-order valence-corrected chi connectivity index (χ2v) is 14.4. The summed E-state index contributed by atoms with van der Waals surface area (Å²) in [6.45, 7) is 0. The van der Waals surface area contributed by atoms with Crippen LogP contribution in [0.5, 0.6) is 0 Å². The summed E-state index contributed by atoms with van der Waals surface area (Å²) in [5.74, 6) is 1.78. The van der Waals surface area contributed by atoms with Crippen LogP contribution in [-0.2, 0) is 0 Å². The highest BCUT2D eigenvalue weighted by Gasteiger charge is 2.21. The van der Waals surface area contributed by atoms with E-state index in [0.29, 0.717) is 17.5 Å². The van der Waals surface area contributed by atoms with Gasteiger partial charge in [0.1, 0.15) is 22.3 Å². The zero-order valence-electron chi connectivity index (χ0n) is 30.4. The van der Waals surface area contributed by atoms with Crippen molar-refractivity contribution in [3.63, 3.8) is 0 Å². The lowest BCUT2D eigenvalue weighted by Gasteiger charge is -2.10. The van der Waals surface area contributed by atoms with E-state index in [2.05, 4.69) is 120 Å². The fourth-order valence-corrected chi connectivity index (χ4v) is 8.46. The van der Waals surface area contributed by atoms with Crippen LogP contribution in [0, 0.1) is 0 Å². The normalized spacial score (nSPS) is 11.9. The Bertz CT molecular complexity index is 3530. The van der Waals surface area contributed by atoms with E-state index in [1.165, 1.54) is 0 Å². The molecule has 266 valence electrons. The third-order valence-electron chi connectivity index (χ3n) is 11.1. The van der Waals surface area contributed by atoms with Crippen LogP contribution in [0.4, 0.5) is 0 Å². The second-order valence-electron chi connectivity index (χ2n) is 14.4. The molecule has 0 unspecified atom stereocenters. The highest BCUT2D eigenvalue weighted by molar-refractivity contribution is 6.15. The lowest BCUT2D eigenvalue weighted by Crippen LogP contribution is -2.00. The maximum Gasteiger partial charge on any atom is 0.164 e. The van der Waals surface area contributed by atoms with Crippen molar-refractivity contribution in [1.29, 1.82) is 0 Å². The van der Waals surface area contributed by atoms with Crippen LogP contribution in [0.3, 0.4) is 0 Å². The molecule has 12 rings (SSSR count). The predicted molar refractivity (Wildman–Crippen MR) is 230 cm³/mol. The summed E-state index contributed by atoms with van der Waals surface area (Å²) in [6, 6.07) is 62.6. The van der Waals surface area contributed by atoms with Gasteiger partial charge >= 0.3 is 0 Å². The Morgan fingerprint density at radius 3 is 1.86 bits per heavy atom. The number of nitrogens with zero attached hydrogens (tertiary/aromatic N) is 4. The van der Waals surface area contributed by atoms with Crippen molar-refractivity contribution in [2.45, 2.75) is 0 Å². The minimum absolute atomic E-state index is 0.572. The molecular formula is C51H30N4O2. The van der Waals surface area contributed by atoms with Crippen LogP contribution in [0.25, 0.3) is 117 Å². The average Bonchev–Trinajstić information content (AvgIpc) is 3.96. The molecule has 0 amide bonds. The van der Waals surface area contributed by atoms with E-state index in [1.807, 2.05) is 66.7 Å². The molecule has 0 fully saturated rings. The van der Waals surface area contributed by atoms with Crippen molar-refractivity contribution in [2.75, 3.05) is 0 Å². The van der Waals surface area contributed by atoms with Gasteiger partial charge in [0.05, 0.1) is 11.0 Å². The Labute approximate surface area is 325 Å². The molecular weight excluding hydrogens is 701 g/mol. The largest absolute Gasteiger partial charge is 0.456 e. The van der Waals surface area contributed by atoms with Gasteiger partial charge in [-0.2, -0.15) is 0 Å². The van der Waals surface area contributed by atoms with Crippen LogP contribution < -0.4 is 0 Å². The van der Waals surface area contributed by atoms with E-state index in [1.54, 1.807) is 0 Å². The first-order chi connectivity index (χ1) is 28.2. The van der Waals surface area contributed by atoms with Gasteiger partial charge in [0, 0.05) is 60.3 Å². The van der Waals surface area contributed by atoms with E-state index in [4.69, 9.17) is 23.8 Å². The van der Waals surface area contributed by atoms with E-state index < -0.39 is 0 Å². The van der Waals surface area contributed by atoms with Crippen molar-refractivity contribution in [3.05, 3.63) is 182 Å². The smallest absolute Gasteiger partial charge is 0.164 e. The van der Waals surface area contributed by atoms with Gasteiger partial charge in [0.25, 0.3) is 0 Å². The number of fused-ring (bicyclic) bond motifs is 9. The summed E-state index contributed by atoms with van der Waals surface area (Å²) in [5, 5.41) is 6.50. The Morgan fingerprint density at radius 1 is 0.351 bits per heavy atom.